The van der Waals surface area contributed by atoms with E-state index in [4.69, 9.17) is 11.6 Å². The Morgan fingerprint density at radius 2 is 1.81 bits per heavy atom. The number of thioether (sulfide) groups is 1. The van der Waals surface area contributed by atoms with Gasteiger partial charge in [-0.05, 0) is 42.3 Å². The Balaban J connectivity index is 1.55. The lowest BCUT2D eigenvalue weighted by Crippen LogP contribution is -2.37. The lowest BCUT2D eigenvalue weighted by atomic mass is 10.2. The number of anilines is 1. The number of benzene rings is 2. The summed E-state index contributed by atoms with van der Waals surface area (Å²) in [5.41, 5.74) is 1.70. The lowest BCUT2D eigenvalue weighted by molar-refractivity contribution is -0.113. The van der Waals surface area contributed by atoms with E-state index in [1.165, 1.54) is 23.7 Å². The second-order valence-corrected chi connectivity index (χ2v) is 9.86. The van der Waals surface area contributed by atoms with Gasteiger partial charge < -0.3 is 5.32 Å². The number of carbonyl (C=O) groups excluding carboxylic acids is 1. The van der Waals surface area contributed by atoms with Crippen LogP contribution in [0.5, 0.6) is 0 Å². The third kappa shape index (κ3) is 4.42. The molecule has 10 nitrogen and oxygen atoms in total. The molecule has 0 unspecified atom stereocenters. The van der Waals surface area contributed by atoms with E-state index in [2.05, 4.69) is 15.5 Å². The zero-order valence-electron chi connectivity index (χ0n) is 20.0. The summed E-state index contributed by atoms with van der Waals surface area (Å²) in [7, 11) is 2.95. The summed E-state index contributed by atoms with van der Waals surface area (Å²) < 4.78 is 19.0. The molecule has 13 heteroatoms. The average Bonchev–Trinajstić information content (AvgIpc) is 3.42. The van der Waals surface area contributed by atoms with Crippen LogP contribution in [0.4, 0.5) is 10.1 Å². The van der Waals surface area contributed by atoms with Crippen LogP contribution in [0.1, 0.15) is 11.1 Å². The Hall–Kier alpha value is -3.90. The molecule has 0 atom stereocenters. The van der Waals surface area contributed by atoms with Crippen molar-refractivity contribution in [2.75, 3.05) is 11.1 Å². The van der Waals surface area contributed by atoms with E-state index in [0.717, 1.165) is 27.5 Å². The zero-order valence-corrected chi connectivity index (χ0v) is 21.6. The number of fused-ring (bicyclic) bond motifs is 3. The highest BCUT2D eigenvalue weighted by molar-refractivity contribution is 7.99. The Bertz CT molecular complexity index is 1800. The fourth-order valence-corrected chi connectivity index (χ4v) is 4.95. The summed E-state index contributed by atoms with van der Waals surface area (Å²) >= 11 is 7.25. The molecule has 37 heavy (non-hydrogen) atoms. The number of rotatable bonds is 6. The maximum absolute atomic E-state index is 13.4. The number of carbonyl (C=O) groups is 1. The van der Waals surface area contributed by atoms with Crippen LogP contribution in [0.25, 0.3) is 16.9 Å². The highest BCUT2D eigenvalue weighted by Gasteiger charge is 2.24. The van der Waals surface area contributed by atoms with Gasteiger partial charge in [-0.3, -0.25) is 23.3 Å². The Morgan fingerprint density at radius 1 is 1.08 bits per heavy atom. The van der Waals surface area contributed by atoms with Crippen LogP contribution < -0.4 is 16.6 Å². The first-order chi connectivity index (χ1) is 17.7. The van der Waals surface area contributed by atoms with Gasteiger partial charge in [0.05, 0.1) is 12.3 Å². The van der Waals surface area contributed by atoms with Gasteiger partial charge in [-0.25, -0.2) is 13.6 Å². The fraction of sp³-hybridized carbons (Fsp3) is 0.208. The summed E-state index contributed by atoms with van der Waals surface area (Å²) in [6.45, 7) is 2.06. The van der Waals surface area contributed by atoms with E-state index >= 15 is 0 Å². The first-order valence-corrected chi connectivity index (χ1v) is 12.5. The second-order valence-electron chi connectivity index (χ2n) is 8.51. The molecular formula is C24H21ClFN7O3S. The SMILES string of the molecule is Cc1ccc(NC(=O)CSc2nnc3n(Cc4ccc(F)cc4)c4c(=O)n(C)c(=O)n(C)c4n23)cc1Cl. The molecule has 0 saturated heterocycles. The number of aromatic nitrogens is 6. The van der Waals surface area contributed by atoms with E-state index in [1.54, 1.807) is 40.3 Å². The summed E-state index contributed by atoms with van der Waals surface area (Å²) in [5, 5.41) is 12.1. The zero-order chi connectivity index (χ0) is 26.4. The molecule has 1 amide bonds. The molecule has 0 radical (unpaired) electrons. The fourth-order valence-electron chi connectivity index (χ4n) is 4.04. The molecule has 0 fully saturated rings. The molecule has 0 aliphatic carbocycles. The molecule has 2 aromatic carbocycles. The Kier molecular flexibility index (Phi) is 6.38. The molecule has 3 aromatic heterocycles. The van der Waals surface area contributed by atoms with Crippen molar-refractivity contribution in [1.29, 1.82) is 0 Å². The first kappa shape index (κ1) is 24.8. The molecule has 0 aliphatic rings. The highest BCUT2D eigenvalue weighted by atomic mass is 35.5. The standard InChI is InChI=1S/C24H21ClFN7O3S/c1-13-4-9-16(10-17(13)25)27-18(34)12-37-23-29-28-22-32(11-14-5-7-15(26)8-6-14)19-20(33(22)23)30(2)24(36)31(3)21(19)35/h4-10H,11-12H2,1-3H3,(H,27,34). The van der Waals surface area contributed by atoms with Crippen LogP contribution in [-0.4, -0.2) is 40.0 Å². The minimum absolute atomic E-state index is 0.00425. The highest BCUT2D eigenvalue weighted by Crippen LogP contribution is 2.25. The van der Waals surface area contributed by atoms with E-state index in [9.17, 15) is 18.8 Å². The molecule has 0 aliphatic heterocycles. The summed E-state index contributed by atoms with van der Waals surface area (Å²) in [6, 6.07) is 11.1. The van der Waals surface area contributed by atoms with Crippen molar-refractivity contribution in [1.82, 2.24) is 28.3 Å². The topological polar surface area (TPSA) is 108 Å². The molecule has 0 saturated carbocycles. The number of nitrogens with zero attached hydrogens (tertiary/aromatic N) is 6. The molecule has 0 bridgehead atoms. The third-order valence-corrected chi connectivity index (χ3v) is 7.33. The van der Waals surface area contributed by atoms with Crippen molar-refractivity contribution >= 4 is 51.9 Å². The number of amides is 1. The molecule has 3 heterocycles. The van der Waals surface area contributed by atoms with E-state index in [1.807, 2.05) is 13.0 Å². The molecular weight excluding hydrogens is 521 g/mol. The summed E-state index contributed by atoms with van der Waals surface area (Å²) in [6.07, 6.45) is 0. The largest absolute Gasteiger partial charge is 0.332 e. The molecule has 190 valence electrons. The van der Waals surface area contributed by atoms with E-state index in [0.29, 0.717) is 27.3 Å². The normalized spacial score (nSPS) is 11.5. The summed E-state index contributed by atoms with van der Waals surface area (Å²) in [4.78, 5) is 38.6. The van der Waals surface area contributed by atoms with Gasteiger partial charge >= 0.3 is 5.69 Å². The predicted octanol–water partition coefficient (Wildman–Crippen LogP) is 2.96. The number of hydrogen-bond donors (Lipinski definition) is 1. The number of nitrogens with one attached hydrogen (secondary N) is 1. The number of aryl methyl sites for hydroxylation is 2. The van der Waals surface area contributed by atoms with E-state index < -0.39 is 11.2 Å². The Morgan fingerprint density at radius 3 is 2.51 bits per heavy atom. The van der Waals surface area contributed by atoms with Crippen LogP contribution in [-0.2, 0) is 25.4 Å². The van der Waals surface area contributed by atoms with Crippen LogP contribution in [0, 0.1) is 12.7 Å². The maximum Gasteiger partial charge on any atom is 0.332 e. The molecule has 5 rings (SSSR count). The lowest BCUT2D eigenvalue weighted by Gasteiger charge is -2.08. The molecule has 1 N–H and O–H groups in total. The van der Waals surface area contributed by atoms with Gasteiger partial charge in [0.25, 0.3) is 5.56 Å². The van der Waals surface area contributed by atoms with Gasteiger partial charge in [0, 0.05) is 24.8 Å². The van der Waals surface area contributed by atoms with Crippen LogP contribution in [0.2, 0.25) is 5.02 Å². The van der Waals surface area contributed by atoms with Crippen LogP contribution in [0.3, 0.4) is 0 Å². The smallest absolute Gasteiger partial charge is 0.325 e. The second kappa shape index (κ2) is 9.52. The van der Waals surface area contributed by atoms with Crippen molar-refractivity contribution in [3.8, 4) is 0 Å². The van der Waals surface area contributed by atoms with Gasteiger partial charge in [0.15, 0.2) is 16.3 Å². The minimum atomic E-state index is -0.517. The van der Waals surface area contributed by atoms with Gasteiger partial charge in [0.2, 0.25) is 11.7 Å². The molecule has 0 spiro atoms. The predicted molar refractivity (Wildman–Crippen MR) is 140 cm³/mol. The number of imidazole rings is 1. The minimum Gasteiger partial charge on any atom is -0.325 e. The van der Waals surface area contributed by atoms with Crippen LogP contribution in [0.15, 0.2) is 57.2 Å². The third-order valence-electron chi connectivity index (χ3n) is 5.99. The number of halogens is 2. The van der Waals surface area contributed by atoms with Crippen molar-refractivity contribution in [3.63, 3.8) is 0 Å². The van der Waals surface area contributed by atoms with Gasteiger partial charge in [-0.1, -0.05) is 41.6 Å². The molecule has 5 aromatic rings. The maximum atomic E-state index is 13.4. The van der Waals surface area contributed by atoms with Crippen molar-refractivity contribution in [2.24, 2.45) is 14.1 Å². The monoisotopic (exact) mass is 541 g/mol. The van der Waals surface area contributed by atoms with Gasteiger partial charge in [-0.15, -0.1) is 10.2 Å². The quantitative estimate of drug-likeness (QED) is 0.331. The van der Waals surface area contributed by atoms with Gasteiger partial charge in [-0.2, -0.15) is 0 Å². The van der Waals surface area contributed by atoms with Crippen molar-refractivity contribution in [2.45, 2.75) is 18.6 Å². The first-order valence-electron chi connectivity index (χ1n) is 11.1. The van der Waals surface area contributed by atoms with E-state index in [-0.39, 0.29) is 29.5 Å². The van der Waals surface area contributed by atoms with Crippen LogP contribution >= 0.6 is 23.4 Å². The Labute approximate surface area is 218 Å². The van der Waals surface area contributed by atoms with Crippen molar-refractivity contribution < 1.29 is 9.18 Å². The summed E-state index contributed by atoms with van der Waals surface area (Å²) in [5.74, 6) is -0.361. The van der Waals surface area contributed by atoms with Gasteiger partial charge in [0.1, 0.15) is 5.82 Å². The number of hydrogen-bond acceptors (Lipinski definition) is 6. The van der Waals surface area contributed by atoms with Crippen molar-refractivity contribution in [3.05, 3.63) is 85.3 Å². The average molecular weight is 542 g/mol.